The summed E-state index contributed by atoms with van der Waals surface area (Å²) in [5, 5.41) is 11.3. The van der Waals surface area contributed by atoms with Crippen LogP contribution < -0.4 is 5.32 Å². The third-order valence-electron chi connectivity index (χ3n) is 2.79. The van der Waals surface area contributed by atoms with Crippen molar-refractivity contribution in [2.45, 2.75) is 12.5 Å². The van der Waals surface area contributed by atoms with E-state index in [-0.39, 0.29) is 25.5 Å². The first-order valence-corrected chi connectivity index (χ1v) is 5.96. The van der Waals surface area contributed by atoms with Crippen LogP contribution in [-0.2, 0) is 14.3 Å². The van der Waals surface area contributed by atoms with Crippen molar-refractivity contribution >= 4 is 17.9 Å². The Bertz CT molecular complexity index is 358. The molecule has 0 aromatic heterocycles. The molecule has 1 aliphatic heterocycles. The molecule has 0 aromatic carbocycles. The molecule has 0 aromatic rings. The molecule has 1 unspecified atom stereocenters. The first-order valence-electron chi connectivity index (χ1n) is 5.96. The van der Waals surface area contributed by atoms with Gasteiger partial charge in [-0.25, -0.2) is 4.79 Å². The van der Waals surface area contributed by atoms with E-state index in [2.05, 4.69) is 5.32 Å². The van der Waals surface area contributed by atoms with Crippen molar-refractivity contribution in [2.75, 3.05) is 40.4 Å². The van der Waals surface area contributed by atoms with Gasteiger partial charge in [0.1, 0.15) is 0 Å². The van der Waals surface area contributed by atoms with E-state index in [0.29, 0.717) is 13.2 Å². The Balaban J connectivity index is 2.52. The molecule has 2 N–H and O–H groups in total. The van der Waals surface area contributed by atoms with Crippen molar-refractivity contribution in [3.8, 4) is 0 Å². The van der Waals surface area contributed by atoms with Crippen LogP contribution in [0.25, 0.3) is 0 Å². The number of morpholine rings is 1. The number of carboxylic acids is 1. The van der Waals surface area contributed by atoms with Gasteiger partial charge in [-0.15, -0.1) is 0 Å². The quantitative estimate of drug-likeness (QED) is 0.681. The van der Waals surface area contributed by atoms with Crippen LogP contribution in [0.15, 0.2) is 0 Å². The highest BCUT2D eigenvalue weighted by molar-refractivity contribution is 5.84. The first-order chi connectivity index (χ1) is 8.91. The van der Waals surface area contributed by atoms with E-state index in [9.17, 15) is 14.4 Å². The number of carbonyl (C=O) groups is 3. The normalized spacial score (nSPS) is 18.8. The molecule has 0 saturated carbocycles. The summed E-state index contributed by atoms with van der Waals surface area (Å²) >= 11 is 0. The second kappa shape index (κ2) is 6.93. The molecule has 0 bridgehead atoms. The van der Waals surface area contributed by atoms with Crippen LogP contribution in [0, 0.1) is 0 Å². The highest BCUT2D eigenvalue weighted by atomic mass is 16.5. The lowest BCUT2D eigenvalue weighted by Gasteiger charge is -2.34. The van der Waals surface area contributed by atoms with E-state index < -0.39 is 18.0 Å². The van der Waals surface area contributed by atoms with E-state index in [0.717, 1.165) is 0 Å². The predicted octanol–water partition coefficient (Wildman–Crippen LogP) is -1.04. The third-order valence-corrected chi connectivity index (χ3v) is 2.79. The zero-order chi connectivity index (χ0) is 14.4. The van der Waals surface area contributed by atoms with Crippen molar-refractivity contribution in [1.82, 2.24) is 15.1 Å². The largest absolute Gasteiger partial charge is 0.481 e. The maximum Gasteiger partial charge on any atom is 0.318 e. The van der Waals surface area contributed by atoms with E-state index in [4.69, 9.17) is 9.84 Å². The molecule has 3 amide bonds. The molecule has 1 aliphatic rings. The number of rotatable bonds is 4. The number of nitrogens with zero attached hydrogens (tertiary/aromatic N) is 2. The molecule has 19 heavy (non-hydrogen) atoms. The zero-order valence-electron chi connectivity index (χ0n) is 11.1. The smallest absolute Gasteiger partial charge is 0.318 e. The van der Waals surface area contributed by atoms with Crippen molar-refractivity contribution in [3.05, 3.63) is 0 Å². The van der Waals surface area contributed by atoms with Crippen LogP contribution in [0.3, 0.4) is 0 Å². The van der Waals surface area contributed by atoms with Gasteiger partial charge in [0.05, 0.1) is 32.2 Å². The SMILES string of the molecule is CN(C)C(=O)CNC(=O)N1CCOCC1CC(=O)O. The Labute approximate surface area is 111 Å². The summed E-state index contributed by atoms with van der Waals surface area (Å²) < 4.78 is 5.17. The van der Waals surface area contributed by atoms with Gasteiger partial charge >= 0.3 is 12.0 Å². The minimum atomic E-state index is -0.988. The Morgan fingerprint density at radius 2 is 2.11 bits per heavy atom. The number of amides is 3. The number of hydrogen-bond donors (Lipinski definition) is 2. The van der Waals surface area contributed by atoms with E-state index in [1.54, 1.807) is 14.1 Å². The third kappa shape index (κ3) is 4.74. The summed E-state index contributed by atoms with van der Waals surface area (Å²) in [5.74, 6) is -1.21. The van der Waals surface area contributed by atoms with Crippen LogP contribution in [0.1, 0.15) is 6.42 Å². The number of carboxylic acid groups (broad SMARTS) is 1. The molecular formula is C11H19N3O5. The second-order valence-corrected chi connectivity index (χ2v) is 4.47. The van der Waals surface area contributed by atoms with Crippen molar-refractivity contribution in [2.24, 2.45) is 0 Å². The molecule has 0 radical (unpaired) electrons. The number of carbonyl (C=O) groups excluding carboxylic acids is 2. The highest BCUT2D eigenvalue weighted by Crippen LogP contribution is 2.10. The Kier molecular flexibility index (Phi) is 5.56. The van der Waals surface area contributed by atoms with Gasteiger partial charge in [-0.05, 0) is 0 Å². The molecule has 8 nitrogen and oxygen atoms in total. The number of urea groups is 1. The molecule has 1 heterocycles. The van der Waals surface area contributed by atoms with Gasteiger partial charge in [0, 0.05) is 20.6 Å². The Morgan fingerprint density at radius 1 is 1.42 bits per heavy atom. The van der Waals surface area contributed by atoms with Crippen molar-refractivity contribution in [1.29, 1.82) is 0 Å². The molecule has 1 saturated heterocycles. The van der Waals surface area contributed by atoms with Gasteiger partial charge in [0.15, 0.2) is 0 Å². The van der Waals surface area contributed by atoms with Crippen LogP contribution in [0.2, 0.25) is 0 Å². The molecule has 8 heteroatoms. The summed E-state index contributed by atoms with van der Waals surface area (Å²) in [5.41, 5.74) is 0. The average Bonchev–Trinajstić information content (AvgIpc) is 2.35. The maximum atomic E-state index is 11.9. The lowest BCUT2D eigenvalue weighted by molar-refractivity contribution is -0.139. The lowest BCUT2D eigenvalue weighted by Crippen LogP contribution is -2.54. The number of aliphatic carboxylic acids is 1. The van der Waals surface area contributed by atoms with E-state index >= 15 is 0 Å². The summed E-state index contributed by atoms with van der Waals surface area (Å²) in [4.78, 5) is 36.8. The highest BCUT2D eigenvalue weighted by Gasteiger charge is 2.29. The van der Waals surface area contributed by atoms with Gasteiger partial charge < -0.3 is 25.0 Å². The number of hydrogen-bond acceptors (Lipinski definition) is 4. The number of ether oxygens (including phenoxy) is 1. The number of likely N-dealkylation sites (N-methyl/N-ethyl adjacent to an activating group) is 1. The van der Waals surface area contributed by atoms with Crippen LogP contribution in [-0.4, -0.2) is 79.3 Å². The monoisotopic (exact) mass is 273 g/mol. The minimum absolute atomic E-state index is 0.108. The van der Waals surface area contributed by atoms with Gasteiger partial charge in [-0.3, -0.25) is 9.59 Å². The summed E-state index contributed by atoms with van der Waals surface area (Å²) in [7, 11) is 3.19. The molecule has 1 atom stereocenters. The topological polar surface area (TPSA) is 99.2 Å². The lowest BCUT2D eigenvalue weighted by atomic mass is 10.1. The molecule has 108 valence electrons. The summed E-state index contributed by atoms with van der Waals surface area (Å²) in [6.07, 6.45) is -0.172. The fourth-order valence-electron chi connectivity index (χ4n) is 1.70. The fraction of sp³-hybridized carbons (Fsp3) is 0.727. The van der Waals surface area contributed by atoms with Crippen molar-refractivity contribution in [3.63, 3.8) is 0 Å². The number of nitrogens with one attached hydrogen (secondary N) is 1. The fourth-order valence-corrected chi connectivity index (χ4v) is 1.70. The van der Waals surface area contributed by atoms with Crippen LogP contribution in [0.4, 0.5) is 4.79 Å². The molecular weight excluding hydrogens is 254 g/mol. The zero-order valence-corrected chi connectivity index (χ0v) is 11.1. The summed E-state index contributed by atoms with van der Waals surface area (Å²) in [6.45, 7) is 0.773. The van der Waals surface area contributed by atoms with Gasteiger partial charge in [0.25, 0.3) is 0 Å². The average molecular weight is 273 g/mol. The molecule has 0 spiro atoms. The first kappa shape index (κ1) is 15.2. The summed E-state index contributed by atoms with van der Waals surface area (Å²) in [6, 6.07) is -0.939. The Hall–Kier alpha value is -1.83. The van der Waals surface area contributed by atoms with Gasteiger partial charge in [0.2, 0.25) is 5.91 Å². The Morgan fingerprint density at radius 3 is 2.68 bits per heavy atom. The molecule has 0 aliphatic carbocycles. The standard InChI is InChI=1S/C11H19N3O5/c1-13(2)9(15)6-12-11(18)14-3-4-19-7-8(14)5-10(16)17/h8H,3-7H2,1-2H3,(H,12,18)(H,16,17). The van der Waals surface area contributed by atoms with Gasteiger partial charge in [-0.2, -0.15) is 0 Å². The van der Waals surface area contributed by atoms with E-state index in [1.807, 2.05) is 0 Å². The second-order valence-electron chi connectivity index (χ2n) is 4.47. The van der Waals surface area contributed by atoms with Crippen molar-refractivity contribution < 1.29 is 24.2 Å². The van der Waals surface area contributed by atoms with Crippen LogP contribution >= 0.6 is 0 Å². The van der Waals surface area contributed by atoms with E-state index in [1.165, 1.54) is 9.80 Å². The predicted molar refractivity (Wildman–Crippen MR) is 65.7 cm³/mol. The minimum Gasteiger partial charge on any atom is -0.481 e. The molecule has 1 rings (SSSR count). The maximum absolute atomic E-state index is 11.9. The van der Waals surface area contributed by atoms with Gasteiger partial charge in [-0.1, -0.05) is 0 Å². The van der Waals surface area contributed by atoms with Crippen LogP contribution in [0.5, 0.6) is 0 Å². The molecule has 1 fully saturated rings.